The minimum absolute atomic E-state index is 0.0438. The largest absolute Gasteiger partial charge is 0.486 e. The summed E-state index contributed by atoms with van der Waals surface area (Å²) in [6.45, 7) is 3.44. The highest BCUT2D eigenvalue weighted by Gasteiger charge is 2.24. The van der Waals surface area contributed by atoms with Crippen LogP contribution in [0.1, 0.15) is 35.4 Å². The van der Waals surface area contributed by atoms with Crippen LogP contribution in [0.5, 0.6) is 5.75 Å². The molecular weight excluding hydrogens is 383 g/mol. The van der Waals surface area contributed by atoms with Crippen LogP contribution in [0.25, 0.3) is 0 Å². The average molecular weight is 402 g/mol. The molecular formula is C20H19FN2O6. The van der Waals surface area contributed by atoms with E-state index in [2.05, 4.69) is 10.5 Å². The second-order valence-electron chi connectivity index (χ2n) is 6.12. The molecule has 1 atom stereocenters. The number of hydrogen-bond acceptors (Lipinski definition) is 7. The third-order valence-electron chi connectivity index (χ3n) is 3.85. The number of aryl methyl sites for hydroxylation is 1. The van der Waals surface area contributed by atoms with Crippen molar-refractivity contribution < 1.29 is 32.4 Å². The van der Waals surface area contributed by atoms with Crippen molar-refractivity contribution in [3.05, 3.63) is 65.6 Å². The van der Waals surface area contributed by atoms with E-state index in [1.54, 1.807) is 26.0 Å². The maximum absolute atomic E-state index is 12.9. The van der Waals surface area contributed by atoms with Gasteiger partial charge in [-0.05, 0) is 49.7 Å². The van der Waals surface area contributed by atoms with Crippen LogP contribution < -0.4 is 10.1 Å². The van der Waals surface area contributed by atoms with Crippen LogP contribution in [0.2, 0.25) is 0 Å². The third kappa shape index (κ3) is 5.44. The van der Waals surface area contributed by atoms with E-state index >= 15 is 0 Å². The van der Waals surface area contributed by atoms with Gasteiger partial charge in [-0.1, -0.05) is 12.1 Å². The summed E-state index contributed by atoms with van der Waals surface area (Å²) in [6.07, 6.45) is -0.765. The number of benzene rings is 1. The Hall–Kier alpha value is -3.62. The second-order valence-corrected chi connectivity index (χ2v) is 6.12. The van der Waals surface area contributed by atoms with Gasteiger partial charge in [0.2, 0.25) is 5.76 Å². The lowest BCUT2D eigenvalue weighted by Gasteiger charge is -2.14. The minimum Gasteiger partial charge on any atom is -0.486 e. The Morgan fingerprint density at radius 2 is 1.97 bits per heavy atom. The van der Waals surface area contributed by atoms with Gasteiger partial charge >= 0.3 is 5.97 Å². The Labute approximate surface area is 165 Å². The Kier molecular flexibility index (Phi) is 6.28. The van der Waals surface area contributed by atoms with Gasteiger partial charge in [0.1, 0.15) is 29.7 Å². The molecule has 8 nitrogen and oxygen atoms in total. The predicted octanol–water partition coefficient (Wildman–Crippen LogP) is 3.87. The van der Waals surface area contributed by atoms with Crippen molar-refractivity contribution in [1.82, 2.24) is 5.16 Å². The van der Waals surface area contributed by atoms with Crippen molar-refractivity contribution in [2.45, 2.75) is 33.0 Å². The van der Waals surface area contributed by atoms with Gasteiger partial charge in [-0.15, -0.1) is 0 Å². The quantitative estimate of drug-likeness (QED) is 0.571. The zero-order valence-corrected chi connectivity index (χ0v) is 15.8. The summed E-state index contributed by atoms with van der Waals surface area (Å²) < 4.78 is 33.9. The molecule has 152 valence electrons. The Morgan fingerprint density at radius 3 is 2.62 bits per heavy atom. The molecule has 0 radical (unpaired) electrons. The predicted molar refractivity (Wildman–Crippen MR) is 98.8 cm³/mol. The van der Waals surface area contributed by atoms with Crippen LogP contribution >= 0.6 is 0 Å². The molecule has 0 saturated carbocycles. The molecule has 1 unspecified atom stereocenters. The number of amides is 1. The first-order valence-electron chi connectivity index (χ1n) is 8.87. The summed E-state index contributed by atoms with van der Waals surface area (Å²) in [7, 11) is 0. The van der Waals surface area contributed by atoms with Crippen LogP contribution in [0, 0.1) is 12.7 Å². The van der Waals surface area contributed by atoms with Gasteiger partial charge in [-0.25, -0.2) is 9.18 Å². The number of ether oxygens (including phenoxy) is 2. The number of carbonyl (C=O) groups is 2. The zero-order chi connectivity index (χ0) is 20.8. The molecule has 1 amide bonds. The average Bonchev–Trinajstić information content (AvgIpc) is 3.34. The summed E-state index contributed by atoms with van der Waals surface area (Å²) in [5.41, 5.74) is 0. The van der Waals surface area contributed by atoms with Crippen LogP contribution in [-0.4, -0.2) is 23.1 Å². The molecule has 1 aromatic carbocycles. The standard InChI is InChI=1S/C20H19FN2O6/c1-3-16(19(24)22-18-10-12(2)29-23-18)28-20(25)17-9-8-15(27-17)11-26-14-6-4-13(21)5-7-14/h4-10,16H,3,11H2,1-2H3,(H,22,23,24). The van der Waals surface area contributed by atoms with E-state index in [1.807, 2.05) is 0 Å². The highest BCUT2D eigenvalue weighted by molar-refractivity contribution is 5.96. The number of carbonyl (C=O) groups excluding carboxylic acids is 2. The normalized spacial score (nSPS) is 11.7. The summed E-state index contributed by atoms with van der Waals surface area (Å²) in [6, 6.07) is 10.0. The van der Waals surface area contributed by atoms with Gasteiger partial charge in [0.05, 0.1) is 0 Å². The fourth-order valence-corrected chi connectivity index (χ4v) is 2.39. The smallest absolute Gasteiger partial charge is 0.375 e. The van der Waals surface area contributed by atoms with Crippen molar-refractivity contribution in [3.8, 4) is 5.75 Å². The molecule has 0 fully saturated rings. The van der Waals surface area contributed by atoms with E-state index in [9.17, 15) is 14.0 Å². The number of aromatic nitrogens is 1. The lowest BCUT2D eigenvalue weighted by Crippen LogP contribution is -2.32. The number of esters is 1. The first kappa shape index (κ1) is 20.1. The maximum atomic E-state index is 12.9. The molecule has 0 spiro atoms. The van der Waals surface area contributed by atoms with Gasteiger partial charge in [-0.3, -0.25) is 4.79 Å². The summed E-state index contributed by atoms with van der Waals surface area (Å²) in [4.78, 5) is 24.5. The number of furan rings is 1. The topological polar surface area (TPSA) is 104 Å². The van der Waals surface area contributed by atoms with E-state index in [4.69, 9.17) is 18.4 Å². The van der Waals surface area contributed by atoms with Crippen LogP contribution in [0.3, 0.4) is 0 Å². The molecule has 1 N–H and O–H groups in total. The highest BCUT2D eigenvalue weighted by atomic mass is 19.1. The Balaban J connectivity index is 1.55. The lowest BCUT2D eigenvalue weighted by molar-refractivity contribution is -0.124. The fourth-order valence-electron chi connectivity index (χ4n) is 2.39. The molecule has 9 heteroatoms. The van der Waals surface area contributed by atoms with Crippen LogP contribution in [-0.2, 0) is 16.1 Å². The van der Waals surface area contributed by atoms with E-state index in [0.717, 1.165) is 0 Å². The SMILES string of the molecule is CCC(OC(=O)c1ccc(COc2ccc(F)cc2)o1)C(=O)Nc1cc(C)on1. The molecule has 0 bridgehead atoms. The van der Waals surface area contributed by atoms with Gasteiger partial charge in [0.25, 0.3) is 5.91 Å². The summed E-state index contributed by atoms with van der Waals surface area (Å²) in [5.74, 6) is -0.136. The molecule has 2 aromatic heterocycles. The molecule has 0 aliphatic heterocycles. The third-order valence-corrected chi connectivity index (χ3v) is 3.85. The summed E-state index contributed by atoms with van der Waals surface area (Å²) in [5, 5.41) is 6.18. The van der Waals surface area contributed by atoms with Gasteiger partial charge in [0, 0.05) is 6.07 Å². The van der Waals surface area contributed by atoms with Crippen LogP contribution in [0.4, 0.5) is 10.2 Å². The van der Waals surface area contributed by atoms with Gasteiger partial charge < -0.3 is 23.7 Å². The fraction of sp³-hybridized carbons (Fsp3) is 0.250. The monoisotopic (exact) mass is 402 g/mol. The summed E-state index contributed by atoms with van der Waals surface area (Å²) >= 11 is 0. The maximum Gasteiger partial charge on any atom is 0.375 e. The van der Waals surface area contributed by atoms with Crippen molar-refractivity contribution >= 4 is 17.7 Å². The second kappa shape index (κ2) is 9.05. The van der Waals surface area contributed by atoms with E-state index < -0.39 is 18.0 Å². The lowest BCUT2D eigenvalue weighted by atomic mass is 10.2. The van der Waals surface area contributed by atoms with E-state index in [0.29, 0.717) is 17.3 Å². The van der Waals surface area contributed by atoms with E-state index in [1.165, 1.54) is 30.3 Å². The molecule has 0 aliphatic rings. The molecule has 3 rings (SSSR count). The van der Waals surface area contributed by atoms with Gasteiger partial charge in [0.15, 0.2) is 11.9 Å². The molecule has 2 heterocycles. The van der Waals surface area contributed by atoms with Crippen molar-refractivity contribution in [3.63, 3.8) is 0 Å². The van der Waals surface area contributed by atoms with E-state index in [-0.39, 0.29) is 30.4 Å². The number of nitrogens with zero attached hydrogens (tertiary/aromatic N) is 1. The Morgan fingerprint density at radius 1 is 1.21 bits per heavy atom. The zero-order valence-electron chi connectivity index (χ0n) is 15.8. The number of anilines is 1. The first-order chi connectivity index (χ1) is 13.9. The van der Waals surface area contributed by atoms with Crippen molar-refractivity contribution in [2.75, 3.05) is 5.32 Å². The first-order valence-corrected chi connectivity index (χ1v) is 8.87. The van der Waals surface area contributed by atoms with Crippen molar-refractivity contribution in [1.29, 1.82) is 0 Å². The number of rotatable bonds is 8. The molecule has 0 saturated heterocycles. The molecule has 29 heavy (non-hydrogen) atoms. The van der Waals surface area contributed by atoms with Crippen LogP contribution in [0.15, 0.2) is 51.4 Å². The number of halogens is 1. The highest BCUT2D eigenvalue weighted by Crippen LogP contribution is 2.17. The number of nitrogens with one attached hydrogen (secondary N) is 1. The number of hydrogen-bond donors (Lipinski definition) is 1. The van der Waals surface area contributed by atoms with Gasteiger partial charge in [-0.2, -0.15) is 0 Å². The molecule has 0 aliphatic carbocycles. The minimum atomic E-state index is -1.02. The van der Waals surface area contributed by atoms with Crippen molar-refractivity contribution in [2.24, 2.45) is 0 Å². The Bertz CT molecular complexity index is 979. The molecule has 3 aromatic rings.